The van der Waals surface area contributed by atoms with Crippen LogP contribution in [0.3, 0.4) is 0 Å². The first-order valence-electron chi connectivity index (χ1n) is 7.74. The van der Waals surface area contributed by atoms with Gasteiger partial charge in [0.25, 0.3) is 5.91 Å². The summed E-state index contributed by atoms with van der Waals surface area (Å²) in [6.45, 7) is 3.84. The smallest absolute Gasteiger partial charge is 0.274 e. The highest BCUT2D eigenvalue weighted by Gasteiger charge is 2.17. The zero-order chi connectivity index (χ0) is 16.7. The van der Waals surface area contributed by atoms with Gasteiger partial charge in [0.1, 0.15) is 11.3 Å². The van der Waals surface area contributed by atoms with E-state index in [0.717, 1.165) is 22.1 Å². The number of para-hydroxylation sites is 1. The lowest BCUT2D eigenvalue weighted by Crippen LogP contribution is -2.16. The predicted molar refractivity (Wildman–Crippen MR) is 94.4 cm³/mol. The quantitative estimate of drug-likeness (QED) is 0.612. The van der Waals surface area contributed by atoms with Gasteiger partial charge >= 0.3 is 0 Å². The van der Waals surface area contributed by atoms with Crippen molar-refractivity contribution in [1.29, 1.82) is 0 Å². The summed E-state index contributed by atoms with van der Waals surface area (Å²) in [6, 6.07) is 13.5. The lowest BCUT2D eigenvalue weighted by molar-refractivity contribution is 0.102. The van der Waals surface area contributed by atoms with Gasteiger partial charge in [-0.05, 0) is 37.6 Å². The van der Waals surface area contributed by atoms with Crippen LogP contribution < -0.4 is 5.32 Å². The van der Waals surface area contributed by atoms with Gasteiger partial charge in [-0.3, -0.25) is 14.2 Å². The van der Waals surface area contributed by atoms with Crippen molar-refractivity contribution < 1.29 is 4.79 Å². The first-order chi connectivity index (χ1) is 11.6. The van der Waals surface area contributed by atoms with Crippen LogP contribution in [-0.2, 0) is 0 Å². The molecule has 1 amide bonds. The van der Waals surface area contributed by atoms with Gasteiger partial charge in [-0.15, -0.1) is 0 Å². The number of carbonyl (C=O) groups is 1. The molecule has 0 radical (unpaired) electrons. The van der Waals surface area contributed by atoms with E-state index in [1.54, 1.807) is 6.20 Å². The Labute approximate surface area is 139 Å². The van der Waals surface area contributed by atoms with Crippen molar-refractivity contribution in [3.63, 3.8) is 0 Å². The molecule has 0 aliphatic heterocycles. The molecule has 24 heavy (non-hydrogen) atoms. The highest BCUT2D eigenvalue weighted by atomic mass is 16.2. The third kappa shape index (κ3) is 2.31. The van der Waals surface area contributed by atoms with Crippen molar-refractivity contribution >= 4 is 28.1 Å². The molecule has 0 aliphatic carbocycles. The second kappa shape index (κ2) is 5.45. The fourth-order valence-corrected chi connectivity index (χ4v) is 2.93. The number of rotatable bonds is 2. The topological polar surface area (TPSA) is 59.3 Å². The van der Waals surface area contributed by atoms with E-state index < -0.39 is 0 Å². The second-order valence-electron chi connectivity index (χ2n) is 5.82. The number of aryl methyl sites for hydroxylation is 2. The molecular formula is C19H16N4O. The number of hydrogen-bond acceptors (Lipinski definition) is 3. The number of imidazole rings is 1. The predicted octanol–water partition coefficient (Wildman–Crippen LogP) is 3.75. The Morgan fingerprint density at radius 1 is 1.08 bits per heavy atom. The Morgan fingerprint density at radius 3 is 2.79 bits per heavy atom. The van der Waals surface area contributed by atoms with Gasteiger partial charge in [-0.25, -0.2) is 4.98 Å². The number of benzene rings is 1. The van der Waals surface area contributed by atoms with Crippen LogP contribution >= 0.6 is 0 Å². The van der Waals surface area contributed by atoms with Gasteiger partial charge in [0.15, 0.2) is 0 Å². The van der Waals surface area contributed by atoms with E-state index in [1.165, 1.54) is 0 Å². The lowest BCUT2D eigenvalue weighted by Gasteiger charge is -2.08. The number of fused-ring (bicyclic) bond motifs is 2. The van der Waals surface area contributed by atoms with Crippen LogP contribution in [0.4, 0.5) is 5.69 Å². The number of nitrogens with zero attached hydrogens (tertiary/aromatic N) is 3. The average Bonchev–Trinajstić information content (AvgIpc) is 2.90. The number of anilines is 1. The Hall–Kier alpha value is -3.21. The second-order valence-corrected chi connectivity index (χ2v) is 5.82. The highest BCUT2D eigenvalue weighted by molar-refractivity contribution is 6.08. The fourth-order valence-electron chi connectivity index (χ4n) is 2.93. The van der Waals surface area contributed by atoms with Gasteiger partial charge in [0, 0.05) is 17.8 Å². The number of carbonyl (C=O) groups excluding carboxylic acids is 1. The van der Waals surface area contributed by atoms with Crippen LogP contribution in [0.25, 0.3) is 16.6 Å². The van der Waals surface area contributed by atoms with Crippen molar-refractivity contribution in [3.8, 4) is 0 Å². The van der Waals surface area contributed by atoms with Crippen LogP contribution in [-0.4, -0.2) is 20.3 Å². The van der Waals surface area contributed by atoms with Crippen molar-refractivity contribution in [3.05, 3.63) is 71.8 Å². The Bertz CT molecular complexity index is 1080. The summed E-state index contributed by atoms with van der Waals surface area (Å²) in [4.78, 5) is 21.7. The molecular weight excluding hydrogens is 300 g/mol. The highest BCUT2D eigenvalue weighted by Crippen LogP contribution is 2.22. The summed E-state index contributed by atoms with van der Waals surface area (Å²) in [6.07, 6.45) is 3.65. The molecule has 4 rings (SSSR count). The minimum Gasteiger partial charge on any atom is -0.319 e. The maximum atomic E-state index is 12.9. The summed E-state index contributed by atoms with van der Waals surface area (Å²) >= 11 is 0. The average molecular weight is 316 g/mol. The summed E-state index contributed by atoms with van der Waals surface area (Å²) in [5.74, 6) is -0.191. The SMILES string of the molecule is Cc1ccc2nc(C)c(C(=O)Nc3cccc4cccnc34)n2c1. The van der Waals surface area contributed by atoms with E-state index in [4.69, 9.17) is 0 Å². The number of pyridine rings is 2. The van der Waals surface area contributed by atoms with Gasteiger partial charge in [0.05, 0.1) is 16.9 Å². The monoisotopic (exact) mass is 316 g/mol. The minimum atomic E-state index is -0.191. The summed E-state index contributed by atoms with van der Waals surface area (Å²) < 4.78 is 1.83. The molecule has 0 atom stereocenters. The molecule has 0 unspecified atom stereocenters. The lowest BCUT2D eigenvalue weighted by atomic mass is 10.2. The van der Waals surface area contributed by atoms with Crippen LogP contribution in [0.15, 0.2) is 54.9 Å². The van der Waals surface area contributed by atoms with Crippen molar-refractivity contribution in [2.24, 2.45) is 0 Å². The van der Waals surface area contributed by atoms with Crippen molar-refractivity contribution in [2.75, 3.05) is 5.32 Å². The van der Waals surface area contributed by atoms with Crippen molar-refractivity contribution in [1.82, 2.24) is 14.4 Å². The van der Waals surface area contributed by atoms with E-state index >= 15 is 0 Å². The van der Waals surface area contributed by atoms with Gasteiger partial charge in [-0.2, -0.15) is 0 Å². The molecule has 0 spiro atoms. The van der Waals surface area contributed by atoms with Crippen LogP contribution in [0, 0.1) is 13.8 Å². The van der Waals surface area contributed by atoms with Gasteiger partial charge in [0.2, 0.25) is 0 Å². The third-order valence-corrected chi connectivity index (χ3v) is 4.04. The molecule has 5 heteroatoms. The number of nitrogens with one attached hydrogen (secondary N) is 1. The molecule has 0 bridgehead atoms. The molecule has 1 aromatic carbocycles. The molecule has 0 saturated heterocycles. The number of amides is 1. The molecule has 3 heterocycles. The van der Waals surface area contributed by atoms with Crippen LogP contribution in [0.5, 0.6) is 0 Å². The van der Waals surface area contributed by atoms with Gasteiger partial charge < -0.3 is 5.32 Å². The van der Waals surface area contributed by atoms with Crippen molar-refractivity contribution in [2.45, 2.75) is 13.8 Å². The molecule has 118 valence electrons. The molecule has 0 aliphatic rings. The van der Waals surface area contributed by atoms with E-state index in [2.05, 4.69) is 15.3 Å². The maximum Gasteiger partial charge on any atom is 0.274 e. The van der Waals surface area contributed by atoms with E-state index in [-0.39, 0.29) is 5.91 Å². The first-order valence-corrected chi connectivity index (χ1v) is 7.74. The molecule has 3 aromatic heterocycles. The fraction of sp³-hybridized carbons (Fsp3) is 0.105. The molecule has 5 nitrogen and oxygen atoms in total. The van der Waals surface area contributed by atoms with E-state index in [1.807, 2.05) is 66.9 Å². The Kier molecular flexibility index (Phi) is 3.27. The molecule has 0 saturated carbocycles. The first kappa shape index (κ1) is 14.4. The summed E-state index contributed by atoms with van der Waals surface area (Å²) in [5, 5.41) is 3.96. The zero-order valence-corrected chi connectivity index (χ0v) is 13.4. The number of aromatic nitrogens is 3. The van der Waals surface area contributed by atoms with E-state index in [0.29, 0.717) is 17.1 Å². The molecule has 1 N–H and O–H groups in total. The van der Waals surface area contributed by atoms with Crippen LogP contribution in [0.1, 0.15) is 21.7 Å². The van der Waals surface area contributed by atoms with E-state index in [9.17, 15) is 4.79 Å². The molecule has 0 fully saturated rings. The summed E-state index contributed by atoms with van der Waals surface area (Å²) in [7, 11) is 0. The van der Waals surface area contributed by atoms with Crippen LogP contribution in [0.2, 0.25) is 0 Å². The Morgan fingerprint density at radius 2 is 1.92 bits per heavy atom. The van der Waals surface area contributed by atoms with Gasteiger partial charge in [-0.1, -0.05) is 24.3 Å². The number of hydrogen-bond donors (Lipinski definition) is 1. The third-order valence-electron chi connectivity index (χ3n) is 4.04. The normalized spacial score (nSPS) is 11.1. The standard InChI is InChI=1S/C19H16N4O/c1-12-8-9-16-21-13(2)18(23(16)11-12)19(24)22-15-7-3-5-14-6-4-10-20-17(14)15/h3-11H,1-2H3,(H,22,24). The Balaban J connectivity index is 1.79. The molecule has 4 aromatic rings. The zero-order valence-electron chi connectivity index (χ0n) is 13.4. The summed E-state index contributed by atoms with van der Waals surface area (Å²) in [5.41, 5.74) is 4.55. The maximum absolute atomic E-state index is 12.9. The minimum absolute atomic E-state index is 0.191. The largest absolute Gasteiger partial charge is 0.319 e.